The van der Waals surface area contributed by atoms with Crippen molar-refractivity contribution in [3.05, 3.63) is 18.0 Å². The minimum Gasteiger partial charge on any atom is -0.382 e. The smallest absolute Gasteiger partial charge is 0.222 e. The molecule has 0 aliphatic carbocycles. The molecule has 0 aliphatic heterocycles. The van der Waals surface area contributed by atoms with Crippen molar-refractivity contribution in [2.45, 2.75) is 26.8 Å². The lowest BCUT2D eigenvalue weighted by molar-refractivity contribution is 0.144. The highest BCUT2D eigenvalue weighted by Gasteiger charge is 1.96. The number of nitrogens with one attached hydrogen (secondary N) is 2. The van der Waals surface area contributed by atoms with Gasteiger partial charge in [-0.2, -0.15) is 0 Å². The van der Waals surface area contributed by atoms with Gasteiger partial charge in [-0.25, -0.2) is 9.97 Å². The molecule has 1 aromatic rings. The van der Waals surface area contributed by atoms with E-state index < -0.39 is 0 Å². The molecule has 0 bridgehead atoms. The fraction of sp³-hybridized carbons (Fsp3) is 0.667. The van der Waals surface area contributed by atoms with Crippen molar-refractivity contribution in [1.82, 2.24) is 15.3 Å². The normalized spacial score (nSPS) is 10.5. The van der Waals surface area contributed by atoms with E-state index in [-0.39, 0.29) is 0 Å². The summed E-state index contributed by atoms with van der Waals surface area (Å²) in [7, 11) is 0. The molecule has 5 heteroatoms. The molecule has 0 unspecified atom stereocenters. The predicted molar refractivity (Wildman–Crippen MR) is 69.0 cm³/mol. The fourth-order valence-electron chi connectivity index (χ4n) is 1.37. The molecule has 0 aromatic carbocycles. The Balaban J connectivity index is 2.14. The first-order valence-corrected chi connectivity index (χ1v) is 6.20. The van der Waals surface area contributed by atoms with Gasteiger partial charge in [-0.3, -0.25) is 0 Å². The summed E-state index contributed by atoms with van der Waals surface area (Å²) in [6.07, 6.45) is 4.73. The van der Waals surface area contributed by atoms with Gasteiger partial charge >= 0.3 is 0 Å². The van der Waals surface area contributed by atoms with E-state index in [0.29, 0.717) is 5.95 Å². The maximum absolute atomic E-state index is 5.26. The fourth-order valence-corrected chi connectivity index (χ4v) is 1.37. The topological polar surface area (TPSA) is 59.1 Å². The molecule has 1 rings (SSSR count). The quantitative estimate of drug-likeness (QED) is 0.637. The van der Waals surface area contributed by atoms with Crippen molar-refractivity contribution >= 4 is 5.95 Å². The molecule has 0 aliphatic rings. The molecule has 0 fully saturated rings. The first-order chi connectivity index (χ1) is 8.36. The van der Waals surface area contributed by atoms with Crippen molar-refractivity contribution in [1.29, 1.82) is 0 Å². The lowest BCUT2D eigenvalue weighted by Gasteiger charge is -2.05. The SMILES string of the molecule is CCNc1ncc(CNCCCOCC)cn1. The zero-order valence-corrected chi connectivity index (χ0v) is 10.7. The zero-order chi connectivity index (χ0) is 12.3. The highest BCUT2D eigenvalue weighted by molar-refractivity contribution is 5.24. The Morgan fingerprint density at radius 2 is 2.00 bits per heavy atom. The van der Waals surface area contributed by atoms with Crippen LogP contribution in [0.25, 0.3) is 0 Å². The number of hydrogen-bond donors (Lipinski definition) is 2. The number of anilines is 1. The van der Waals surface area contributed by atoms with Gasteiger partial charge in [0.1, 0.15) is 0 Å². The molecule has 0 radical (unpaired) electrons. The van der Waals surface area contributed by atoms with Crippen molar-refractivity contribution in [2.75, 3.05) is 31.6 Å². The number of nitrogens with zero attached hydrogens (tertiary/aromatic N) is 2. The summed E-state index contributed by atoms with van der Waals surface area (Å²) >= 11 is 0. The Morgan fingerprint density at radius 3 is 2.65 bits per heavy atom. The Bertz CT molecular complexity index is 289. The van der Waals surface area contributed by atoms with Gasteiger partial charge in [0.25, 0.3) is 0 Å². The van der Waals surface area contributed by atoms with Gasteiger partial charge < -0.3 is 15.4 Å². The molecular weight excluding hydrogens is 216 g/mol. The summed E-state index contributed by atoms with van der Waals surface area (Å²) in [4.78, 5) is 8.42. The highest BCUT2D eigenvalue weighted by Crippen LogP contribution is 1.99. The molecule has 2 N–H and O–H groups in total. The Labute approximate surface area is 103 Å². The number of ether oxygens (including phenoxy) is 1. The summed E-state index contributed by atoms with van der Waals surface area (Å²) in [5.74, 6) is 0.688. The van der Waals surface area contributed by atoms with Crippen molar-refractivity contribution < 1.29 is 4.74 Å². The van der Waals surface area contributed by atoms with E-state index in [0.717, 1.165) is 44.8 Å². The van der Waals surface area contributed by atoms with Gasteiger partial charge in [-0.1, -0.05) is 0 Å². The highest BCUT2D eigenvalue weighted by atomic mass is 16.5. The average molecular weight is 238 g/mol. The van der Waals surface area contributed by atoms with Crippen LogP contribution in [0.5, 0.6) is 0 Å². The molecule has 0 atom stereocenters. The maximum atomic E-state index is 5.26. The predicted octanol–water partition coefficient (Wildman–Crippen LogP) is 1.42. The zero-order valence-electron chi connectivity index (χ0n) is 10.7. The van der Waals surface area contributed by atoms with Gasteiger partial charge in [0.05, 0.1) is 0 Å². The number of hydrogen-bond acceptors (Lipinski definition) is 5. The van der Waals surface area contributed by atoms with Crippen LogP contribution in [0.4, 0.5) is 5.95 Å². The molecule has 17 heavy (non-hydrogen) atoms. The third-order valence-corrected chi connectivity index (χ3v) is 2.22. The van der Waals surface area contributed by atoms with Crippen LogP contribution >= 0.6 is 0 Å². The van der Waals surface area contributed by atoms with Gasteiger partial charge in [0.2, 0.25) is 5.95 Å². The average Bonchev–Trinajstić information content (AvgIpc) is 2.36. The van der Waals surface area contributed by atoms with Crippen LogP contribution in [-0.2, 0) is 11.3 Å². The van der Waals surface area contributed by atoms with Crippen LogP contribution in [0, 0.1) is 0 Å². The summed E-state index contributed by atoms with van der Waals surface area (Å²) in [5.41, 5.74) is 1.10. The monoisotopic (exact) mass is 238 g/mol. The molecule has 5 nitrogen and oxygen atoms in total. The summed E-state index contributed by atoms with van der Waals surface area (Å²) in [6.45, 7) is 8.25. The van der Waals surface area contributed by atoms with Crippen LogP contribution in [0.3, 0.4) is 0 Å². The van der Waals surface area contributed by atoms with Crippen molar-refractivity contribution in [3.63, 3.8) is 0 Å². The van der Waals surface area contributed by atoms with Crippen LogP contribution in [0.2, 0.25) is 0 Å². The summed E-state index contributed by atoms with van der Waals surface area (Å²) < 4.78 is 5.26. The number of aromatic nitrogens is 2. The van der Waals surface area contributed by atoms with E-state index in [2.05, 4.69) is 20.6 Å². The van der Waals surface area contributed by atoms with Crippen LogP contribution < -0.4 is 10.6 Å². The maximum Gasteiger partial charge on any atom is 0.222 e. The van der Waals surface area contributed by atoms with Crippen molar-refractivity contribution in [3.8, 4) is 0 Å². The van der Waals surface area contributed by atoms with E-state index in [9.17, 15) is 0 Å². The third-order valence-electron chi connectivity index (χ3n) is 2.22. The van der Waals surface area contributed by atoms with Crippen LogP contribution in [-0.4, -0.2) is 36.3 Å². The Morgan fingerprint density at radius 1 is 1.24 bits per heavy atom. The molecule has 1 heterocycles. The first-order valence-electron chi connectivity index (χ1n) is 6.20. The van der Waals surface area contributed by atoms with Gasteiger partial charge in [0.15, 0.2) is 0 Å². The summed E-state index contributed by atoms with van der Waals surface area (Å²) in [5, 5.41) is 6.40. The summed E-state index contributed by atoms with van der Waals surface area (Å²) in [6, 6.07) is 0. The van der Waals surface area contributed by atoms with Crippen molar-refractivity contribution in [2.24, 2.45) is 0 Å². The Hall–Kier alpha value is -1.20. The molecule has 0 saturated carbocycles. The number of rotatable bonds is 9. The van der Waals surface area contributed by atoms with E-state index in [1.807, 2.05) is 26.2 Å². The molecule has 0 saturated heterocycles. The molecule has 0 amide bonds. The Kier molecular flexibility index (Phi) is 7.25. The van der Waals surface area contributed by atoms with Crippen LogP contribution in [0.1, 0.15) is 25.8 Å². The lowest BCUT2D eigenvalue weighted by atomic mass is 10.3. The molecular formula is C12H22N4O. The van der Waals surface area contributed by atoms with Gasteiger partial charge in [-0.15, -0.1) is 0 Å². The minimum atomic E-state index is 0.688. The largest absolute Gasteiger partial charge is 0.382 e. The second-order valence-electron chi connectivity index (χ2n) is 3.67. The lowest BCUT2D eigenvalue weighted by Crippen LogP contribution is -2.16. The standard InChI is InChI=1S/C12H22N4O/c1-3-14-12-15-9-11(10-16-12)8-13-6-5-7-17-4-2/h9-10,13H,3-8H2,1-2H3,(H,14,15,16). The van der Waals surface area contributed by atoms with E-state index in [4.69, 9.17) is 4.74 Å². The van der Waals surface area contributed by atoms with E-state index in [1.165, 1.54) is 0 Å². The van der Waals surface area contributed by atoms with Crippen LogP contribution in [0.15, 0.2) is 12.4 Å². The second-order valence-corrected chi connectivity index (χ2v) is 3.67. The molecule has 96 valence electrons. The van der Waals surface area contributed by atoms with Gasteiger partial charge in [-0.05, 0) is 26.8 Å². The molecule has 0 spiro atoms. The van der Waals surface area contributed by atoms with Gasteiger partial charge in [0, 0.05) is 44.3 Å². The van der Waals surface area contributed by atoms with E-state index >= 15 is 0 Å². The first kappa shape index (κ1) is 13.9. The second kappa shape index (κ2) is 8.90. The minimum absolute atomic E-state index is 0.688. The molecule has 1 aromatic heterocycles. The third kappa shape index (κ3) is 6.19. The van der Waals surface area contributed by atoms with E-state index in [1.54, 1.807) is 0 Å².